The molecule has 0 saturated carbocycles. The molecule has 0 aliphatic carbocycles. The summed E-state index contributed by atoms with van der Waals surface area (Å²) in [6.45, 7) is 6.89. The fraction of sp³-hybridized carbons (Fsp3) is 0.353. The number of hydrogen-bond acceptors (Lipinski definition) is 5. The van der Waals surface area contributed by atoms with Crippen LogP contribution in [0.4, 0.5) is 10.2 Å². The van der Waals surface area contributed by atoms with E-state index >= 15 is 0 Å². The fourth-order valence-corrected chi connectivity index (χ4v) is 3.38. The second kappa shape index (κ2) is 7.26. The lowest BCUT2D eigenvalue weighted by Crippen LogP contribution is -2.33. The lowest BCUT2D eigenvalue weighted by Gasteiger charge is -2.14. The van der Waals surface area contributed by atoms with Crippen LogP contribution in [-0.2, 0) is 14.6 Å². The van der Waals surface area contributed by atoms with E-state index in [0.717, 1.165) is 24.3 Å². The van der Waals surface area contributed by atoms with Crippen LogP contribution in [0.1, 0.15) is 38.2 Å². The Bertz CT molecular complexity index is 881. The zero-order valence-corrected chi connectivity index (χ0v) is 15.3. The van der Waals surface area contributed by atoms with Crippen molar-refractivity contribution in [2.45, 2.75) is 43.8 Å². The van der Waals surface area contributed by atoms with E-state index < -0.39 is 26.8 Å². The van der Waals surface area contributed by atoms with Crippen LogP contribution in [0.25, 0.3) is 0 Å². The fourth-order valence-electron chi connectivity index (χ4n) is 2.11. The summed E-state index contributed by atoms with van der Waals surface area (Å²) in [7, 11) is -3.93. The number of nitrogens with zero attached hydrogens (tertiary/aromatic N) is 2. The first-order valence-electron chi connectivity index (χ1n) is 7.77. The number of carbonyl (C=O) groups is 1. The van der Waals surface area contributed by atoms with E-state index in [0.29, 0.717) is 11.5 Å². The van der Waals surface area contributed by atoms with E-state index in [2.05, 4.69) is 15.3 Å². The monoisotopic (exact) mass is 365 g/mol. The van der Waals surface area contributed by atoms with Crippen molar-refractivity contribution in [3.8, 4) is 0 Å². The highest BCUT2D eigenvalue weighted by Crippen LogP contribution is 2.19. The van der Waals surface area contributed by atoms with Gasteiger partial charge in [-0.15, -0.1) is 0 Å². The van der Waals surface area contributed by atoms with Crippen LogP contribution < -0.4 is 5.32 Å². The van der Waals surface area contributed by atoms with Crippen LogP contribution in [0.15, 0.2) is 35.2 Å². The molecular weight excluding hydrogens is 345 g/mol. The molecule has 0 aliphatic rings. The highest BCUT2D eigenvalue weighted by Gasteiger charge is 2.30. The molecule has 1 aromatic carbocycles. The van der Waals surface area contributed by atoms with Gasteiger partial charge in [0, 0.05) is 17.7 Å². The van der Waals surface area contributed by atoms with E-state index in [-0.39, 0.29) is 16.6 Å². The lowest BCUT2D eigenvalue weighted by atomic mass is 10.2. The highest BCUT2D eigenvalue weighted by atomic mass is 32.2. The second-order valence-electron chi connectivity index (χ2n) is 6.04. The standard InChI is InChI=1S/C17H20FN3O3S/c1-10(2)16-19-11(3)9-15(20-16)21-17(22)12(4)25(23,24)14-7-5-13(18)6-8-14/h5-10,12H,1-4H3,(H,19,20,21,22). The number of sulfone groups is 1. The summed E-state index contributed by atoms with van der Waals surface area (Å²) in [5, 5.41) is 1.17. The molecule has 1 heterocycles. The van der Waals surface area contributed by atoms with Gasteiger partial charge in [-0.25, -0.2) is 22.8 Å². The van der Waals surface area contributed by atoms with E-state index in [1.807, 2.05) is 13.8 Å². The number of hydrogen-bond donors (Lipinski definition) is 1. The number of carbonyl (C=O) groups excluding carboxylic acids is 1. The minimum atomic E-state index is -3.93. The third kappa shape index (κ3) is 4.39. The zero-order valence-electron chi connectivity index (χ0n) is 14.4. The van der Waals surface area contributed by atoms with Crippen molar-refractivity contribution in [2.75, 3.05) is 5.32 Å². The van der Waals surface area contributed by atoms with Gasteiger partial charge in [0.25, 0.3) is 0 Å². The summed E-state index contributed by atoms with van der Waals surface area (Å²) in [4.78, 5) is 20.8. The largest absolute Gasteiger partial charge is 0.309 e. The molecule has 0 radical (unpaired) electrons. The maximum absolute atomic E-state index is 13.0. The molecule has 8 heteroatoms. The summed E-state index contributed by atoms with van der Waals surface area (Å²) < 4.78 is 38.0. The molecule has 0 bridgehead atoms. The van der Waals surface area contributed by atoms with Crippen LogP contribution >= 0.6 is 0 Å². The van der Waals surface area contributed by atoms with E-state index in [9.17, 15) is 17.6 Å². The molecule has 0 saturated heterocycles. The lowest BCUT2D eigenvalue weighted by molar-refractivity contribution is -0.115. The van der Waals surface area contributed by atoms with Crippen LogP contribution in [-0.4, -0.2) is 29.5 Å². The molecule has 0 fully saturated rings. The molecule has 1 unspecified atom stereocenters. The third-order valence-electron chi connectivity index (χ3n) is 3.62. The Balaban J connectivity index is 2.24. The Morgan fingerprint density at radius 3 is 2.28 bits per heavy atom. The maximum atomic E-state index is 13.0. The molecule has 25 heavy (non-hydrogen) atoms. The van der Waals surface area contributed by atoms with Gasteiger partial charge in [0.1, 0.15) is 22.7 Å². The molecule has 6 nitrogen and oxygen atoms in total. The summed E-state index contributed by atoms with van der Waals surface area (Å²) in [6, 6.07) is 5.93. The minimum Gasteiger partial charge on any atom is -0.309 e. The Hall–Kier alpha value is -2.35. The third-order valence-corrected chi connectivity index (χ3v) is 5.69. The van der Waals surface area contributed by atoms with Gasteiger partial charge in [-0.1, -0.05) is 13.8 Å². The van der Waals surface area contributed by atoms with Crippen LogP contribution in [0.5, 0.6) is 0 Å². The van der Waals surface area contributed by atoms with Gasteiger partial charge in [0.2, 0.25) is 5.91 Å². The second-order valence-corrected chi connectivity index (χ2v) is 8.31. The van der Waals surface area contributed by atoms with Crippen molar-refractivity contribution in [3.63, 3.8) is 0 Å². The predicted octanol–water partition coefficient (Wildman–Crippen LogP) is 2.85. The van der Waals surface area contributed by atoms with Crippen molar-refractivity contribution in [1.82, 2.24) is 9.97 Å². The van der Waals surface area contributed by atoms with Crippen molar-refractivity contribution < 1.29 is 17.6 Å². The average molecular weight is 365 g/mol. The van der Waals surface area contributed by atoms with E-state index in [4.69, 9.17) is 0 Å². The first-order valence-corrected chi connectivity index (χ1v) is 9.32. The van der Waals surface area contributed by atoms with Gasteiger partial charge in [-0.05, 0) is 38.1 Å². The van der Waals surface area contributed by atoms with Gasteiger partial charge in [0.05, 0.1) is 4.90 Å². The van der Waals surface area contributed by atoms with Crippen LogP contribution in [0.2, 0.25) is 0 Å². The predicted molar refractivity (Wildman–Crippen MR) is 92.5 cm³/mol. The number of amides is 1. The SMILES string of the molecule is Cc1cc(NC(=O)C(C)S(=O)(=O)c2ccc(F)cc2)nc(C(C)C)n1. The molecule has 0 spiro atoms. The summed E-state index contributed by atoms with van der Waals surface area (Å²) in [5.41, 5.74) is 0.669. The van der Waals surface area contributed by atoms with Crippen molar-refractivity contribution in [2.24, 2.45) is 0 Å². The van der Waals surface area contributed by atoms with Gasteiger partial charge in [-0.3, -0.25) is 4.79 Å². The molecule has 134 valence electrons. The summed E-state index contributed by atoms with van der Waals surface area (Å²) >= 11 is 0. The van der Waals surface area contributed by atoms with Gasteiger partial charge in [-0.2, -0.15) is 0 Å². The Morgan fingerprint density at radius 2 is 1.72 bits per heavy atom. The maximum Gasteiger partial charge on any atom is 0.243 e. The quantitative estimate of drug-likeness (QED) is 0.823. The zero-order chi connectivity index (χ0) is 18.8. The van der Waals surface area contributed by atoms with Crippen molar-refractivity contribution in [1.29, 1.82) is 0 Å². The van der Waals surface area contributed by atoms with Crippen LogP contribution in [0.3, 0.4) is 0 Å². The average Bonchev–Trinajstić information content (AvgIpc) is 2.53. The van der Waals surface area contributed by atoms with Crippen LogP contribution in [0, 0.1) is 12.7 Å². The number of rotatable bonds is 5. The smallest absolute Gasteiger partial charge is 0.243 e. The molecule has 1 amide bonds. The van der Waals surface area contributed by atoms with Gasteiger partial charge < -0.3 is 5.32 Å². The van der Waals surface area contributed by atoms with Gasteiger partial charge >= 0.3 is 0 Å². The van der Waals surface area contributed by atoms with Crippen molar-refractivity contribution in [3.05, 3.63) is 47.7 Å². The first kappa shape index (κ1) is 19.0. The van der Waals surface area contributed by atoms with E-state index in [1.165, 1.54) is 6.92 Å². The first-order chi connectivity index (χ1) is 11.6. The number of aryl methyl sites for hydroxylation is 1. The minimum absolute atomic E-state index is 0.0657. The molecule has 1 atom stereocenters. The van der Waals surface area contributed by atoms with E-state index in [1.54, 1.807) is 13.0 Å². The highest BCUT2D eigenvalue weighted by molar-refractivity contribution is 7.92. The molecule has 0 aliphatic heterocycles. The number of nitrogens with one attached hydrogen (secondary N) is 1. The molecule has 2 aromatic rings. The number of anilines is 1. The topological polar surface area (TPSA) is 89.0 Å². The molecule has 1 N–H and O–H groups in total. The number of halogens is 1. The Labute approximate surface area is 146 Å². The molecule has 1 aromatic heterocycles. The van der Waals surface area contributed by atoms with Crippen molar-refractivity contribution >= 4 is 21.6 Å². The molecular formula is C17H20FN3O3S. The summed E-state index contributed by atoms with van der Waals surface area (Å²) in [6.07, 6.45) is 0. The number of aromatic nitrogens is 2. The number of benzene rings is 1. The normalized spacial score (nSPS) is 12.9. The molecule has 2 rings (SSSR count). The summed E-state index contributed by atoms with van der Waals surface area (Å²) in [5.74, 6) is -0.381. The Kier molecular flexibility index (Phi) is 5.52. The Morgan fingerprint density at radius 1 is 1.12 bits per heavy atom. The van der Waals surface area contributed by atoms with Gasteiger partial charge in [0.15, 0.2) is 9.84 Å².